The fraction of sp³-hybridized carbons (Fsp3) is 0.333. The highest BCUT2D eigenvalue weighted by Crippen LogP contribution is 2.29. The van der Waals surface area contributed by atoms with Gasteiger partial charge in [0, 0.05) is 13.1 Å². The molecule has 0 saturated carbocycles. The average molecular weight is 332 g/mol. The van der Waals surface area contributed by atoms with E-state index < -0.39 is 0 Å². The molecule has 0 atom stereocenters. The topological polar surface area (TPSA) is 76.7 Å². The van der Waals surface area contributed by atoms with Crippen LogP contribution in [0.15, 0.2) is 37.4 Å². The third-order valence-electron chi connectivity index (χ3n) is 2.98. The Morgan fingerprint density at radius 2 is 1.29 bits per heavy atom. The lowest BCUT2D eigenvalue weighted by atomic mass is 10.1. The van der Waals surface area contributed by atoms with E-state index in [1.54, 1.807) is 26.0 Å². The van der Waals surface area contributed by atoms with Crippen molar-refractivity contribution in [1.82, 2.24) is 10.6 Å². The number of rotatable bonds is 10. The normalized spacial score (nSPS) is 9.75. The molecule has 6 heteroatoms. The summed E-state index contributed by atoms with van der Waals surface area (Å²) < 4.78 is 11.0. The summed E-state index contributed by atoms with van der Waals surface area (Å²) in [6, 6.07) is 3.05. The lowest BCUT2D eigenvalue weighted by Gasteiger charge is -2.16. The second kappa shape index (κ2) is 10.1. The SMILES string of the molecule is C=CCNC(=O)c1cc(OCC)c(C(=O)NCC=C)cc1OCC. The predicted octanol–water partition coefficient (Wildman–Crippen LogP) is 2.32. The number of benzene rings is 1. The minimum Gasteiger partial charge on any atom is -0.493 e. The highest BCUT2D eigenvalue weighted by atomic mass is 16.5. The quantitative estimate of drug-likeness (QED) is 0.645. The number of ether oxygens (including phenoxy) is 2. The summed E-state index contributed by atoms with van der Waals surface area (Å²) in [5.74, 6) is 0.00671. The molecule has 1 rings (SSSR count). The molecule has 2 N–H and O–H groups in total. The standard InChI is InChI=1S/C18H24N2O4/c1-5-9-19-17(21)13-11-16(24-8-4)14(12-15(13)23-7-3)18(22)20-10-6-2/h5-6,11-12H,1-2,7-10H2,3-4H3,(H,19,21)(H,20,22). The Morgan fingerprint density at radius 1 is 0.917 bits per heavy atom. The summed E-state index contributed by atoms with van der Waals surface area (Å²) in [6.07, 6.45) is 3.16. The third-order valence-corrected chi connectivity index (χ3v) is 2.98. The largest absolute Gasteiger partial charge is 0.493 e. The van der Waals surface area contributed by atoms with Gasteiger partial charge in [0.15, 0.2) is 0 Å². The molecule has 1 aromatic carbocycles. The van der Waals surface area contributed by atoms with Gasteiger partial charge in [-0.15, -0.1) is 13.2 Å². The summed E-state index contributed by atoms with van der Waals surface area (Å²) in [5, 5.41) is 5.39. The van der Waals surface area contributed by atoms with Crippen molar-refractivity contribution in [1.29, 1.82) is 0 Å². The van der Waals surface area contributed by atoms with Gasteiger partial charge in [0.25, 0.3) is 11.8 Å². The maximum atomic E-state index is 12.3. The van der Waals surface area contributed by atoms with Gasteiger partial charge in [-0.3, -0.25) is 9.59 Å². The van der Waals surface area contributed by atoms with Crippen LogP contribution in [-0.4, -0.2) is 38.1 Å². The molecule has 0 fully saturated rings. The first kappa shape index (κ1) is 19.3. The molecule has 130 valence electrons. The van der Waals surface area contributed by atoms with E-state index in [0.717, 1.165) is 0 Å². The van der Waals surface area contributed by atoms with Gasteiger partial charge in [-0.25, -0.2) is 0 Å². The fourth-order valence-corrected chi connectivity index (χ4v) is 1.98. The molecule has 1 aromatic rings. The van der Waals surface area contributed by atoms with Crippen LogP contribution in [0.4, 0.5) is 0 Å². The van der Waals surface area contributed by atoms with Crippen molar-refractivity contribution >= 4 is 11.8 Å². The maximum Gasteiger partial charge on any atom is 0.255 e. The minimum absolute atomic E-state index is 0.308. The Hall–Kier alpha value is -2.76. The number of nitrogens with one attached hydrogen (secondary N) is 2. The molecule has 24 heavy (non-hydrogen) atoms. The Bertz CT molecular complexity index is 558. The molecule has 0 aromatic heterocycles. The van der Waals surface area contributed by atoms with E-state index in [1.165, 1.54) is 12.1 Å². The van der Waals surface area contributed by atoms with E-state index in [9.17, 15) is 9.59 Å². The zero-order chi connectivity index (χ0) is 17.9. The first-order chi connectivity index (χ1) is 11.6. The Balaban J connectivity index is 3.31. The van der Waals surface area contributed by atoms with E-state index in [4.69, 9.17) is 9.47 Å². The van der Waals surface area contributed by atoms with Gasteiger partial charge in [-0.1, -0.05) is 12.2 Å². The van der Waals surface area contributed by atoms with Crippen LogP contribution in [0.2, 0.25) is 0 Å². The van der Waals surface area contributed by atoms with Gasteiger partial charge in [-0.05, 0) is 26.0 Å². The number of hydrogen-bond acceptors (Lipinski definition) is 4. The van der Waals surface area contributed by atoms with E-state index in [0.29, 0.717) is 48.9 Å². The summed E-state index contributed by atoms with van der Waals surface area (Å²) in [7, 11) is 0. The van der Waals surface area contributed by atoms with E-state index in [1.807, 2.05) is 0 Å². The predicted molar refractivity (Wildman–Crippen MR) is 93.8 cm³/mol. The molecule has 0 aliphatic rings. The summed E-state index contributed by atoms with van der Waals surface area (Å²) in [6.45, 7) is 12.1. The fourth-order valence-electron chi connectivity index (χ4n) is 1.98. The van der Waals surface area contributed by atoms with E-state index >= 15 is 0 Å². The van der Waals surface area contributed by atoms with Crippen LogP contribution < -0.4 is 20.1 Å². The summed E-state index contributed by atoms with van der Waals surface area (Å²) >= 11 is 0. The molecular formula is C18H24N2O4. The molecule has 0 aliphatic heterocycles. The highest BCUT2D eigenvalue weighted by Gasteiger charge is 2.20. The summed E-state index contributed by atoms with van der Waals surface area (Å²) in [5.41, 5.74) is 0.616. The van der Waals surface area contributed by atoms with Crippen molar-refractivity contribution in [2.24, 2.45) is 0 Å². The number of carbonyl (C=O) groups is 2. The molecule has 2 amide bonds. The van der Waals surface area contributed by atoms with Crippen LogP contribution in [0.25, 0.3) is 0 Å². The van der Waals surface area contributed by atoms with Crippen LogP contribution in [0.1, 0.15) is 34.6 Å². The van der Waals surface area contributed by atoms with Crippen molar-refractivity contribution in [3.63, 3.8) is 0 Å². The Kier molecular flexibility index (Phi) is 8.11. The lowest BCUT2D eigenvalue weighted by molar-refractivity contribution is 0.0939. The maximum absolute atomic E-state index is 12.3. The molecule has 0 heterocycles. The lowest BCUT2D eigenvalue weighted by Crippen LogP contribution is -2.26. The van der Waals surface area contributed by atoms with Crippen molar-refractivity contribution in [2.45, 2.75) is 13.8 Å². The van der Waals surface area contributed by atoms with Gasteiger partial charge in [0.2, 0.25) is 0 Å². The number of carbonyl (C=O) groups excluding carboxylic acids is 2. The van der Waals surface area contributed by atoms with Crippen molar-refractivity contribution in [3.05, 3.63) is 48.6 Å². The zero-order valence-corrected chi connectivity index (χ0v) is 14.2. The summed E-state index contributed by atoms with van der Waals surface area (Å²) in [4.78, 5) is 24.6. The molecule has 0 saturated heterocycles. The molecule has 0 spiro atoms. The van der Waals surface area contributed by atoms with Crippen LogP contribution in [-0.2, 0) is 0 Å². The van der Waals surface area contributed by atoms with Crippen molar-refractivity contribution in [3.8, 4) is 11.5 Å². The van der Waals surface area contributed by atoms with Crippen molar-refractivity contribution in [2.75, 3.05) is 26.3 Å². The Labute approximate surface area is 142 Å². The van der Waals surface area contributed by atoms with Crippen LogP contribution in [0.5, 0.6) is 11.5 Å². The second-order valence-corrected chi connectivity index (χ2v) is 4.71. The first-order valence-electron chi connectivity index (χ1n) is 7.80. The van der Waals surface area contributed by atoms with Gasteiger partial charge < -0.3 is 20.1 Å². The van der Waals surface area contributed by atoms with Gasteiger partial charge >= 0.3 is 0 Å². The minimum atomic E-state index is -0.322. The van der Waals surface area contributed by atoms with Crippen LogP contribution in [0.3, 0.4) is 0 Å². The molecule has 6 nitrogen and oxygen atoms in total. The van der Waals surface area contributed by atoms with E-state index in [2.05, 4.69) is 23.8 Å². The van der Waals surface area contributed by atoms with Gasteiger partial charge in [0.05, 0.1) is 24.3 Å². The second-order valence-electron chi connectivity index (χ2n) is 4.71. The van der Waals surface area contributed by atoms with Gasteiger partial charge in [0.1, 0.15) is 11.5 Å². The molecular weight excluding hydrogens is 308 g/mol. The monoisotopic (exact) mass is 332 g/mol. The van der Waals surface area contributed by atoms with Crippen LogP contribution in [0, 0.1) is 0 Å². The van der Waals surface area contributed by atoms with E-state index in [-0.39, 0.29) is 11.8 Å². The Morgan fingerprint density at radius 3 is 1.58 bits per heavy atom. The van der Waals surface area contributed by atoms with Crippen molar-refractivity contribution < 1.29 is 19.1 Å². The smallest absolute Gasteiger partial charge is 0.255 e. The zero-order valence-electron chi connectivity index (χ0n) is 14.2. The molecule has 0 unspecified atom stereocenters. The third kappa shape index (κ3) is 5.15. The molecule has 0 aliphatic carbocycles. The number of amides is 2. The number of hydrogen-bond donors (Lipinski definition) is 2. The first-order valence-corrected chi connectivity index (χ1v) is 7.80. The van der Waals surface area contributed by atoms with Gasteiger partial charge in [-0.2, -0.15) is 0 Å². The molecule has 0 bridgehead atoms. The average Bonchev–Trinajstić information content (AvgIpc) is 2.58. The molecule has 0 radical (unpaired) electrons. The highest BCUT2D eigenvalue weighted by molar-refractivity contribution is 6.02. The van der Waals surface area contributed by atoms with Crippen LogP contribution >= 0.6 is 0 Å².